The van der Waals surface area contributed by atoms with Crippen LogP contribution >= 0.6 is 27.5 Å². The molecule has 10 heteroatoms. The molecule has 0 bridgehead atoms. The third kappa shape index (κ3) is 7.41. The number of imidazole rings is 1. The third-order valence-corrected chi connectivity index (χ3v) is 7.07. The SMILES string of the molecule is CC(C)Oc1ccc(C(=O)N[C@H](CNC(=O)C(C)(C)N)Cc2ccc(-c3cn4cccc(Br)c4n3)cc2)cc1Cl. The average Bonchev–Trinajstić information content (AvgIpc) is 3.33. The van der Waals surface area contributed by atoms with Crippen molar-refractivity contribution in [3.63, 3.8) is 0 Å². The fraction of sp³-hybridized carbons (Fsp3) is 0.300. The van der Waals surface area contributed by atoms with E-state index in [4.69, 9.17) is 27.1 Å². The summed E-state index contributed by atoms with van der Waals surface area (Å²) >= 11 is 9.89. The Kier molecular flexibility index (Phi) is 9.18. The maximum atomic E-state index is 13.2. The Labute approximate surface area is 247 Å². The third-order valence-electron chi connectivity index (χ3n) is 6.15. The largest absolute Gasteiger partial charge is 0.489 e. The van der Waals surface area contributed by atoms with Crippen LogP contribution in [0.4, 0.5) is 0 Å². The van der Waals surface area contributed by atoms with E-state index in [1.54, 1.807) is 32.0 Å². The maximum Gasteiger partial charge on any atom is 0.251 e. The lowest BCUT2D eigenvalue weighted by atomic mass is 10.0. The maximum absolute atomic E-state index is 13.2. The Hall–Kier alpha value is -3.40. The van der Waals surface area contributed by atoms with E-state index in [2.05, 4.69) is 26.6 Å². The summed E-state index contributed by atoms with van der Waals surface area (Å²) in [6.45, 7) is 7.28. The molecule has 0 saturated heterocycles. The van der Waals surface area contributed by atoms with E-state index in [1.807, 2.05) is 67.0 Å². The molecule has 4 N–H and O–H groups in total. The Balaban J connectivity index is 1.51. The summed E-state index contributed by atoms with van der Waals surface area (Å²) in [6, 6.07) is 16.4. The molecule has 2 amide bonds. The number of nitrogens with one attached hydrogen (secondary N) is 2. The van der Waals surface area contributed by atoms with Crippen LogP contribution in [0, 0.1) is 0 Å². The summed E-state index contributed by atoms with van der Waals surface area (Å²) in [4.78, 5) is 30.3. The van der Waals surface area contributed by atoms with Gasteiger partial charge in [0.05, 0.1) is 32.9 Å². The molecule has 0 fully saturated rings. The number of nitrogens with zero attached hydrogens (tertiary/aromatic N) is 2. The normalized spacial score (nSPS) is 12.4. The minimum absolute atomic E-state index is 0.0436. The van der Waals surface area contributed by atoms with Gasteiger partial charge in [0, 0.05) is 30.1 Å². The minimum atomic E-state index is -1.04. The van der Waals surface area contributed by atoms with E-state index < -0.39 is 11.6 Å². The van der Waals surface area contributed by atoms with Crippen LogP contribution in [-0.2, 0) is 11.2 Å². The molecule has 40 heavy (non-hydrogen) atoms. The van der Waals surface area contributed by atoms with Gasteiger partial charge in [-0.15, -0.1) is 0 Å². The number of amides is 2. The first-order valence-corrected chi connectivity index (χ1v) is 14.1. The molecule has 1 atom stereocenters. The summed E-state index contributed by atoms with van der Waals surface area (Å²) < 4.78 is 8.56. The van der Waals surface area contributed by atoms with Crippen LogP contribution in [0.5, 0.6) is 5.75 Å². The summed E-state index contributed by atoms with van der Waals surface area (Å²) in [5.74, 6) is -0.102. The molecular weight excluding hydrogens is 594 g/mol. The predicted octanol–water partition coefficient (Wildman–Crippen LogP) is 5.40. The number of carbonyl (C=O) groups is 2. The number of carbonyl (C=O) groups excluding carboxylic acids is 2. The Morgan fingerprint density at radius 3 is 2.50 bits per heavy atom. The second kappa shape index (κ2) is 12.4. The van der Waals surface area contributed by atoms with Crippen molar-refractivity contribution in [2.24, 2.45) is 5.73 Å². The highest BCUT2D eigenvalue weighted by Crippen LogP contribution is 2.27. The molecule has 0 spiro atoms. The molecule has 0 aliphatic rings. The van der Waals surface area contributed by atoms with E-state index in [9.17, 15) is 9.59 Å². The van der Waals surface area contributed by atoms with Crippen molar-refractivity contribution >= 4 is 45.0 Å². The van der Waals surface area contributed by atoms with Gasteiger partial charge in [-0.05, 0) is 85.9 Å². The molecule has 0 radical (unpaired) electrons. The van der Waals surface area contributed by atoms with Crippen molar-refractivity contribution in [2.45, 2.75) is 51.8 Å². The van der Waals surface area contributed by atoms with Crippen molar-refractivity contribution < 1.29 is 14.3 Å². The van der Waals surface area contributed by atoms with Gasteiger partial charge in [-0.25, -0.2) is 4.98 Å². The van der Waals surface area contributed by atoms with E-state index in [-0.39, 0.29) is 24.5 Å². The van der Waals surface area contributed by atoms with Crippen LogP contribution in [0.3, 0.4) is 0 Å². The lowest BCUT2D eigenvalue weighted by Gasteiger charge is -2.23. The van der Waals surface area contributed by atoms with Crippen molar-refractivity contribution in [3.8, 4) is 17.0 Å². The first kappa shape index (κ1) is 29.6. The van der Waals surface area contributed by atoms with Gasteiger partial charge in [-0.3, -0.25) is 9.59 Å². The fourth-order valence-corrected chi connectivity index (χ4v) is 4.76. The number of halogens is 2. The van der Waals surface area contributed by atoms with Gasteiger partial charge >= 0.3 is 0 Å². The van der Waals surface area contributed by atoms with E-state index >= 15 is 0 Å². The van der Waals surface area contributed by atoms with Crippen LogP contribution in [0.15, 0.2) is 71.5 Å². The second-order valence-electron chi connectivity index (χ2n) is 10.5. The molecule has 2 aromatic carbocycles. The molecule has 0 aliphatic heterocycles. The predicted molar refractivity (Wildman–Crippen MR) is 162 cm³/mol. The monoisotopic (exact) mass is 625 g/mol. The topological polar surface area (TPSA) is 111 Å². The first-order valence-electron chi connectivity index (χ1n) is 13.0. The molecule has 2 heterocycles. The number of fused-ring (bicyclic) bond motifs is 1. The molecule has 8 nitrogen and oxygen atoms in total. The molecule has 2 aromatic heterocycles. The van der Waals surface area contributed by atoms with Crippen LogP contribution < -0.4 is 21.1 Å². The van der Waals surface area contributed by atoms with Crippen LogP contribution in [0.2, 0.25) is 5.02 Å². The lowest BCUT2D eigenvalue weighted by molar-refractivity contribution is -0.125. The highest BCUT2D eigenvalue weighted by Gasteiger charge is 2.24. The molecule has 4 aromatic rings. The molecular formula is C30H33BrClN5O3. The number of hydrogen-bond donors (Lipinski definition) is 3. The molecule has 0 saturated carbocycles. The van der Waals surface area contributed by atoms with E-state index in [0.717, 1.165) is 26.9 Å². The molecule has 0 aliphatic carbocycles. The average molecular weight is 627 g/mol. The van der Waals surface area contributed by atoms with Crippen LogP contribution in [0.25, 0.3) is 16.9 Å². The van der Waals surface area contributed by atoms with Crippen molar-refractivity contribution in [3.05, 3.63) is 87.6 Å². The van der Waals surface area contributed by atoms with Gasteiger partial charge in [-0.2, -0.15) is 0 Å². The van der Waals surface area contributed by atoms with Gasteiger partial charge in [0.1, 0.15) is 5.75 Å². The fourth-order valence-electron chi connectivity index (χ4n) is 4.09. The Bertz CT molecular complexity index is 1510. The van der Waals surface area contributed by atoms with Gasteiger partial charge in [0.25, 0.3) is 5.91 Å². The number of benzene rings is 2. The summed E-state index contributed by atoms with van der Waals surface area (Å²) in [5.41, 5.74) is 8.94. The molecule has 0 unspecified atom stereocenters. The van der Waals surface area contributed by atoms with E-state index in [0.29, 0.717) is 22.8 Å². The zero-order chi connectivity index (χ0) is 29.0. The Morgan fingerprint density at radius 1 is 1.15 bits per heavy atom. The summed E-state index contributed by atoms with van der Waals surface area (Å²) in [5, 5.41) is 6.24. The van der Waals surface area contributed by atoms with Crippen molar-refractivity contribution in [2.75, 3.05) is 6.54 Å². The quantitative estimate of drug-likeness (QED) is 0.218. The van der Waals surface area contributed by atoms with Crippen LogP contribution in [-0.4, -0.2) is 45.4 Å². The minimum Gasteiger partial charge on any atom is -0.489 e. The number of aromatic nitrogens is 2. The zero-order valence-corrected chi connectivity index (χ0v) is 25.2. The van der Waals surface area contributed by atoms with Crippen molar-refractivity contribution in [1.29, 1.82) is 0 Å². The standard InChI is InChI=1S/C30H33BrClN5O3/c1-18(2)40-26-12-11-21(15-24(26)32)28(38)35-22(16-34-29(39)30(3,4)33)14-19-7-9-20(10-8-19)25-17-37-13-5-6-23(31)27(37)36-25/h5-13,15,17-18,22H,14,16,33H2,1-4H3,(H,34,39)(H,35,38)/t22-/m0/s1. The number of nitrogens with two attached hydrogens (primary N) is 1. The number of pyridine rings is 1. The first-order chi connectivity index (χ1) is 18.9. The van der Waals surface area contributed by atoms with Crippen molar-refractivity contribution in [1.82, 2.24) is 20.0 Å². The zero-order valence-electron chi connectivity index (χ0n) is 22.9. The smallest absolute Gasteiger partial charge is 0.251 e. The second-order valence-corrected chi connectivity index (χ2v) is 11.8. The lowest BCUT2D eigenvalue weighted by Crippen LogP contribution is -2.53. The summed E-state index contributed by atoms with van der Waals surface area (Å²) in [7, 11) is 0. The van der Waals surface area contributed by atoms with E-state index in [1.165, 1.54) is 0 Å². The number of rotatable bonds is 10. The van der Waals surface area contributed by atoms with Gasteiger partial charge in [0.15, 0.2) is 5.65 Å². The van der Waals surface area contributed by atoms with Gasteiger partial charge in [0.2, 0.25) is 5.91 Å². The molecule has 210 valence electrons. The molecule has 4 rings (SSSR count). The van der Waals surface area contributed by atoms with Crippen LogP contribution in [0.1, 0.15) is 43.6 Å². The van der Waals surface area contributed by atoms with Gasteiger partial charge in [-0.1, -0.05) is 35.9 Å². The highest BCUT2D eigenvalue weighted by molar-refractivity contribution is 9.10. The highest BCUT2D eigenvalue weighted by atomic mass is 79.9. The number of ether oxygens (including phenoxy) is 1. The number of hydrogen-bond acceptors (Lipinski definition) is 5. The summed E-state index contributed by atoms with van der Waals surface area (Å²) in [6.07, 6.45) is 4.37. The van der Waals surface area contributed by atoms with Gasteiger partial charge < -0.3 is 25.5 Å². The Morgan fingerprint density at radius 2 is 1.88 bits per heavy atom.